The molecule has 8 amide bonds. The van der Waals surface area contributed by atoms with E-state index in [9.17, 15) is 78.3 Å². The Hall–Kier alpha value is -6.81. The SMILES string of the molecule is N[C@H]([C]=O)CCCCNC(=O)CNC(=O)[C@H](CO)NC(=O)[C@H](CO)NC(=O)CNC(=O)[C@H](CO)NC(=O)[C@H](CO)NC(=O)CC[C@H](NC(=O)CCCCCCCCCCOc1ccc(C(=O)O)cc1)C(=O)O. The maximum Gasteiger partial charge on any atom is 0.335 e. The number of carbonyl (C=O) groups excluding carboxylic acids is 9. The van der Waals surface area contributed by atoms with Gasteiger partial charge in [-0.25, -0.2) is 9.59 Å². The highest BCUT2D eigenvalue weighted by Gasteiger charge is 2.29. The van der Waals surface area contributed by atoms with E-state index in [-0.39, 0.29) is 24.9 Å². The Labute approximate surface area is 415 Å². The summed E-state index contributed by atoms with van der Waals surface area (Å²) in [6.45, 7) is -4.68. The van der Waals surface area contributed by atoms with Gasteiger partial charge in [-0.1, -0.05) is 38.5 Å². The molecule has 0 heterocycles. The van der Waals surface area contributed by atoms with Crippen LogP contribution >= 0.6 is 0 Å². The van der Waals surface area contributed by atoms with Crippen molar-refractivity contribution in [2.75, 3.05) is 52.7 Å². The van der Waals surface area contributed by atoms with E-state index < -0.39 is 141 Å². The predicted molar refractivity (Wildman–Crippen MR) is 252 cm³/mol. The molecule has 0 fully saturated rings. The molecule has 1 aromatic rings. The van der Waals surface area contributed by atoms with Gasteiger partial charge in [-0.15, -0.1) is 0 Å². The average molecular weight is 1030 g/mol. The molecular formula is C45H70N9O18. The number of carbonyl (C=O) groups is 10. The van der Waals surface area contributed by atoms with Crippen molar-refractivity contribution in [1.29, 1.82) is 0 Å². The van der Waals surface area contributed by atoms with Gasteiger partial charge in [-0.3, -0.25) is 43.2 Å². The number of aliphatic hydroxyl groups excluding tert-OH is 4. The first-order valence-electron chi connectivity index (χ1n) is 23.5. The van der Waals surface area contributed by atoms with Gasteiger partial charge in [0.05, 0.1) is 57.7 Å². The molecule has 27 nitrogen and oxygen atoms in total. The van der Waals surface area contributed by atoms with Gasteiger partial charge < -0.3 is 83.6 Å². The van der Waals surface area contributed by atoms with E-state index >= 15 is 0 Å². The van der Waals surface area contributed by atoms with Crippen LogP contribution in [0.15, 0.2) is 24.3 Å². The summed E-state index contributed by atoms with van der Waals surface area (Å²) < 4.78 is 5.63. The molecule has 0 aliphatic rings. The Bertz CT molecular complexity index is 1910. The van der Waals surface area contributed by atoms with Gasteiger partial charge in [-0.2, -0.15) is 0 Å². The number of amides is 8. The third-order valence-electron chi connectivity index (χ3n) is 10.5. The Morgan fingerprint density at radius 3 is 1.46 bits per heavy atom. The molecule has 403 valence electrons. The van der Waals surface area contributed by atoms with Crippen LogP contribution in [-0.4, -0.2) is 185 Å². The van der Waals surface area contributed by atoms with Crippen molar-refractivity contribution in [3.05, 3.63) is 29.8 Å². The monoisotopic (exact) mass is 1020 g/mol. The first-order chi connectivity index (χ1) is 34.4. The molecule has 72 heavy (non-hydrogen) atoms. The topological polar surface area (TPSA) is 441 Å². The zero-order valence-corrected chi connectivity index (χ0v) is 40.0. The molecule has 0 bridgehead atoms. The van der Waals surface area contributed by atoms with E-state index in [0.717, 1.165) is 44.9 Å². The summed E-state index contributed by atoms with van der Waals surface area (Å²) in [5, 5.41) is 75.0. The number of carboxylic acid groups (broad SMARTS) is 2. The number of aromatic carboxylic acids is 1. The van der Waals surface area contributed by atoms with E-state index in [1.165, 1.54) is 12.1 Å². The fourth-order valence-electron chi connectivity index (χ4n) is 6.38. The minimum atomic E-state index is -1.74. The summed E-state index contributed by atoms with van der Waals surface area (Å²) >= 11 is 0. The van der Waals surface area contributed by atoms with Gasteiger partial charge >= 0.3 is 11.9 Å². The normalized spacial score (nSPS) is 13.3. The molecule has 0 saturated carbocycles. The molecule has 0 aromatic heterocycles. The second-order valence-electron chi connectivity index (χ2n) is 16.4. The number of aliphatic carboxylic acids is 1. The number of nitrogens with one attached hydrogen (secondary N) is 8. The number of nitrogens with two attached hydrogens (primary N) is 1. The molecule has 0 aliphatic heterocycles. The number of unbranched alkanes of at least 4 members (excludes halogenated alkanes) is 8. The van der Waals surface area contributed by atoms with E-state index in [0.29, 0.717) is 38.0 Å². The van der Waals surface area contributed by atoms with Crippen molar-refractivity contribution in [2.45, 2.75) is 126 Å². The zero-order chi connectivity index (χ0) is 53.8. The number of hydrogen-bond acceptors (Lipinski definition) is 17. The predicted octanol–water partition coefficient (Wildman–Crippen LogP) is -4.51. The number of aliphatic hydroxyl groups is 4. The highest BCUT2D eigenvalue weighted by atomic mass is 16.5. The van der Waals surface area contributed by atoms with E-state index in [4.69, 9.17) is 15.6 Å². The number of benzene rings is 1. The summed E-state index contributed by atoms with van der Waals surface area (Å²) in [5.74, 6) is -9.36. The Kier molecular flexibility index (Phi) is 32.5. The van der Waals surface area contributed by atoms with Gasteiger partial charge in [0.1, 0.15) is 36.0 Å². The van der Waals surface area contributed by atoms with Crippen LogP contribution in [0.25, 0.3) is 0 Å². The van der Waals surface area contributed by atoms with Crippen LogP contribution in [-0.2, 0) is 47.9 Å². The van der Waals surface area contributed by atoms with Gasteiger partial charge in [0.2, 0.25) is 53.5 Å². The van der Waals surface area contributed by atoms with E-state index in [2.05, 4.69) is 42.5 Å². The number of carboxylic acids is 2. The zero-order valence-electron chi connectivity index (χ0n) is 40.0. The molecule has 0 unspecified atom stereocenters. The van der Waals surface area contributed by atoms with Crippen LogP contribution in [0, 0.1) is 0 Å². The maximum absolute atomic E-state index is 12.8. The molecule has 1 aromatic carbocycles. The van der Waals surface area contributed by atoms with Crippen molar-refractivity contribution in [1.82, 2.24) is 42.5 Å². The first-order valence-corrected chi connectivity index (χ1v) is 23.5. The third kappa shape index (κ3) is 27.5. The fraction of sp³-hybridized carbons (Fsp3) is 0.622. The van der Waals surface area contributed by atoms with E-state index in [1.807, 2.05) is 0 Å². The summed E-state index contributed by atoms with van der Waals surface area (Å²) in [7, 11) is 0. The lowest BCUT2D eigenvalue weighted by atomic mass is 10.1. The third-order valence-corrected chi connectivity index (χ3v) is 10.5. The van der Waals surface area contributed by atoms with Crippen LogP contribution in [0.5, 0.6) is 5.75 Å². The molecule has 1 rings (SSSR count). The standard InChI is InChI=1S/C45H70N9O18/c46-29(23-55)11-8-9-19-47-38(62)21-48-40(64)32(24-56)54-43(67)35(27-59)52-39(63)22-49-41(65)33(25-57)53-42(66)34(26-58)51-37(61)18-17-31(45(70)71)50-36(60)12-7-5-3-1-2-4-6-10-20-72-30-15-13-28(14-16-30)44(68)69/h13-16,29,31-35,56-59H,1-12,17-22,24-27,46H2,(H,47,62)(H,48,64)(H,49,65)(H,50,60)(H,51,61)(H,52,63)(H,53,66)(H,54,67)(H,68,69)(H,70,71)/t29-,31-,32-,33-,34-,35-/m0/s1. The maximum atomic E-state index is 12.8. The summed E-state index contributed by atoms with van der Waals surface area (Å²) in [6, 6.07) is -2.75. The Morgan fingerprint density at radius 1 is 0.500 bits per heavy atom. The molecule has 27 heteroatoms. The van der Waals surface area contributed by atoms with Crippen molar-refractivity contribution in [3.8, 4) is 5.75 Å². The molecule has 0 saturated heterocycles. The Morgan fingerprint density at radius 2 is 0.958 bits per heavy atom. The van der Waals surface area contributed by atoms with Crippen molar-refractivity contribution in [3.63, 3.8) is 0 Å². The number of ether oxygens (including phenoxy) is 1. The number of rotatable bonds is 40. The van der Waals surface area contributed by atoms with Crippen LogP contribution in [0.3, 0.4) is 0 Å². The van der Waals surface area contributed by atoms with Crippen LogP contribution < -0.4 is 53.0 Å². The molecule has 16 N–H and O–H groups in total. The van der Waals surface area contributed by atoms with Crippen molar-refractivity contribution >= 4 is 65.5 Å². The summed E-state index contributed by atoms with van der Waals surface area (Å²) in [6.07, 6.45) is 9.02. The largest absolute Gasteiger partial charge is 0.494 e. The highest BCUT2D eigenvalue weighted by Crippen LogP contribution is 2.14. The molecule has 0 aliphatic carbocycles. The van der Waals surface area contributed by atoms with Crippen LogP contribution in [0.4, 0.5) is 0 Å². The van der Waals surface area contributed by atoms with E-state index in [1.54, 1.807) is 18.4 Å². The van der Waals surface area contributed by atoms with Gasteiger partial charge in [0.25, 0.3) is 0 Å². The van der Waals surface area contributed by atoms with Crippen molar-refractivity contribution < 1.29 is 88.1 Å². The van der Waals surface area contributed by atoms with Gasteiger partial charge in [-0.05, 0) is 62.8 Å². The minimum absolute atomic E-state index is 0.0564. The number of hydrogen-bond donors (Lipinski definition) is 15. The molecule has 1 radical (unpaired) electrons. The lowest BCUT2D eigenvalue weighted by Gasteiger charge is -2.22. The van der Waals surface area contributed by atoms with Crippen LogP contribution in [0.1, 0.15) is 100 Å². The summed E-state index contributed by atoms with van der Waals surface area (Å²) in [4.78, 5) is 134. The minimum Gasteiger partial charge on any atom is -0.494 e. The Balaban J connectivity index is 2.42. The lowest BCUT2D eigenvalue weighted by Crippen LogP contribution is -2.58. The molecular weight excluding hydrogens is 955 g/mol. The van der Waals surface area contributed by atoms with Crippen LogP contribution in [0.2, 0.25) is 0 Å². The quantitative estimate of drug-likeness (QED) is 0.0275. The second-order valence-corrected chi connectivity index (χ2v) is 16.4. The lowest BCUT2D eigenvalue weighted by molar-refractivity contribution is -0.142. The highest BCUT2D eigenvalue weighted by molar-refractivity contribution is 5.96. The second kappa shape index (κ2) is 37.0. The van der Waals surface area contributed by atoms with Gasteiger partial charge in [0, 0.05) is 19.4 Å². The molecule has 6 atom stereocenters. The fourth-order valence-corrected chi connectivity index (χ4v) is 6.38. The average Bonchev–Trinajstić information content (AvgIpc) is 3.36. The van der Waals surface area contributed by atoms with Crippen molar-refractivity contribution in [2.24, 2.45) is 5.73 Å². The van der Waals surface area contributed by atoms with Gasteiger partial charge in [0.15, 0.2) is 0 Å². The summed E-state index contributed by atoms with van der Waals surface area (Å²) in [5.41, 5.74) is 5.62. The first kappa shape index (κ1) is 63.2. The smallest absolute Gasteiger partial charge is 0.335 e. The molecule has 0 spiro atoms.